The maximum atomic E-state index is 14.5. The Balaban J connectivity index is 1.17. The number of aromatic nitrogens is 1. The van der Waals surface area contributed by atoms with E-state index < -0.39 is 6.17 Å². The van der Waals surface area contributed by atoms with E-state index in [4.69, 9.17) is 11.6 Å². The lowest BCUT2D eigenvalue weighted by molar-refractivity contribution is 0.0938. The minimum Gasteiger partial charge on any atom is -0.368 e. The maximum Gasteiger partial charge on any atom is 0.267 e. The molecule has 1 saturated heterocycles. The van der Waals surface area contributed by atoms with Crippen molar-refractivity contribution in [1.82, 2.24) is 20.1 Å². The lowest BCUT2D eigenvalue weighted by Crippen LogP contribution is -2.47. The molecular weight excluding hydrogens is 415 g/mol. The highest BCUT2D eigenvalue weighted by Gasteiger charge is 2.25. The number of piperazine rings is 1. The highest BCUT2D eigenvalue weighted by molar-refractivity contribution is 6.32. The third-order valence-electron chi connectivity index (χ3n) is 6.19. The van der Waals surface area contributed by atoms with Crippen molar-refractivity contribution < 1.29 is 9.18 Å². The third-order valence-corrected chi connectivity index (χ3v) is 6.65. The summed E-state index contributed by atoms with van der Waals surface area (Å²) in [6, 6.07) is 9.56. The summed E-state index contributed by atoms with van der Waals surface area (Å²) in [5.74, 6) is -0.196. The van der Waals surface area contributed by atoms with Crippen molar-refractivity contribution in [2.24, 2.45) is 0 Å². The minimum atomic E-state index is -0.963. The second-order valence-electron chi connectivity index (χ2n) is 8.26. The lowest BCUT2D eigenvalue weighted by atomic mass is 10.2. The quantitative estimate of drug-likeness (QED) is 0.633. The molecule has 1 fully saturated rings. The number of hydrogen-bond donors (Lipinski definition) is 2. The summed E-state index contributed by atoms with van der Waals surface area (Å²) in [6.07, 6.45) is 3.49. The van der Waals surface area contributed by atoms with Gasteiger partial charge in [-0.25, -0.2) is 4.39 Å². The van der Waals surface area contributed by atoms with Crippen molar-refractivity contribution in [2.75, 3.05) is 39.3 Å². The molecule has 7 heteroatoms. The molecule has 2 heterocycles. The molecule has 0 saturated carbocycles. The Morgan fingerprint density at radius 1 is 1.26 bits per heavy atom. The molecule has 0 radical (unpaired) electrons. The summed E-state index contributed by atoms with van der Waals surface area (Å²) >= 11 is 6.51. The molecule has 1 aliphatic carbocycles. The molecule has 1 unspecified atom stereocenters. The number of carbonyl (C=O) groups excluding carboxylic acids is 1. The highest BCUT2D eigenvalue weighted by atomic mass is 35.5. The Morgan fingerprint density at radius 3 is 2.74 bits per heavy atom. The number of para-hydroxylation sites is 1. The van der Waals surface area contributed by atoms with Gasteiger partial charge in [0.25, 0.3) is 5.91 Å². The van der Waals surface area contributed by atoms with Crippen LogP contribution in [-0.2, 0) is 0 Å². The smallest absolute Gasteiger partial charge is 0.267 e. The van der Waals surface area contributed by atoms with Crippen LogP contribution in [0.25, 0.3) is 10.9 Å². The predicted molar refractivity (Wildman–Crippen MR) is 124 cm³/mol. The van der Waals surface area contributed by atoms with Crippen molar-refractivity contribution in [1.29, 1.82) is 0 Å². The van der Waals surface area contributed by atoms with Gasteiger partial charge in [-0.1, -0.05) is 42.8 Å². The van der Waals surface area contributed by atoms with Crippen molar-refractivity contribution >= 4 is 28.4 Å². The molecule has 1 aliphatic heterocycles. The number of nitrogens with zero attached hydrogens (tertiary/aromatic N) is 2. The number of rotatable bonds is 8. The molecule has 5 nitrogen and oxygen atoms in total. The number of nitrogens with one attached hydrogen (secondary N) is 2. The number of alkyl halides is 1. The average molecular weight is 445 g/mol. The lowest BCUT2D eigenvalue weighted by Gasteiger charge is -2.37. The predicted octanol–water partition coefficient (Wildman–Crippen LogP) is 4.43. The van der Waals surface area contributed by atoms with E-state index in [9.17, 15) is 9.18 Å². The van der Waals surface area contributed by atoms with Crippen LogP contribution in [0.1, 0.15) is 36.7 Å². The number of halogens is 2. The van der Waals surface area contributed by atoms with Gasteiger partial charge in [0.15, 0.2) is 0 Å². The number of amides is 1. The Morgan fingerprint density at radius 2 is 2.03 bits per heavy atom. The summed E-state index contributed by atoms with van der Waals surface area (Å²) < 4.78 is 14.5. The zero-order valence-electron chi connectivity index (χ0n) is 18.0. The fourth-order valence-electron chi connectivity index (χ4n) is 4.32. The third kappa shape index (κ3) is 5.13. The van der Waals surface area contributed by atoms with E-state index in [0.29, 0.717) is 25.2 Å². The Hall–Kier alpha value is -2.31. The van der Waals surface area contributed by atoms with Crippen molar-refractivity contribution in [3.63, 3.8) is 0 Å². The van der Waals surface area contributed by atoms with Gasteiger partial charge in [-0.15, -0.1) is 0 Å². The Bertz CT molecular complexity index is 957. The number of benzene rings is 1. The first-order valence-corrected chi connectivity index (χ1v) is 11.5. The summed E-state index contributed by atoms with van der Waals surface area (Å²) in [7, 11) is 0. The molecule has 31 heavy (non-hydrogen) atoms. The monoisotopic (exact) mass is 444 g/mol. The van der Waals surface area contributed by atoms with E-state index in [2.05, 4.69) is 33.1 Å². The summed E-state index contributed by atoms with van der Waals surface area (Å²) in [4.78, 5) is 19.9. The van der Waals surface area contributed by atoms with E-state index >= 15 is 0 Å². The molecule has 1 atom stereocenters. The molecular formula is C24H30ClFN4O. The van der Waals surface area contributed by atoms with Crippen molar-refractivity contribution in [3.8, 4) is 0 Å². The molecule has 2 N–H and O–H groups in total. The topological polar surface area (TPSA) is 51.4 Å². The van der Waals surface area contributed by atoms with Crippen molar-refractivity contribution in [3.05, 3.63) is 58.4 Å². The van der Waals surface area contributed by atoms with Crippen LogP contribution in [0.2, 0.25) is 0 Å². The molecule has 4 rings (SSSR count). The molecule has 0 spiro atoms. The van der Waals surface area contributed by atoms with Crippen LogP contribution in [0, 0.1) is 0 Å². The molecule has 0 bridgehead atoms. The minimum absolute atomic E-state index is 0.196. The van der Waals surface area contributed by atoms with E-state index in [-0.39, 0.29) is 5.91 Å². The Kier molecular flexibility index (Phi) is 6.98. The number of aromatic amines is 1. The fraction of sp³-hybridized carbons (Fsp3) is 0.458. The molecule has 2 aromatic rings. The van der Waals surface area contributed by atoms with Crippen LogP contribution < -0.4 is 5.32 Å². The second-order valence-corrected chi connectivity index (χ2v) is 8.64. The van der Waals surface area contributed by atoms with Gasteiger partial charge in [-0.2, -0.15) is 0 Å². The van der Waals surface area contributed by atoms with E-state index in [0.717, 1.165) is 60.7 Å². The van der Waals surface area contributed by atoms with Gasteiger partial charge in [-0.3, -0.25) is 9.69 Å². The normalized spacial score (nSPS) is 18.5. The van der Waals surface area contributed by atoms with Gasteiger partial charge in [0.2, 0.25) is 0 Å². The average Bonchev–Trinajstić information content (AvgIpc) is 3.37. The first kappa shape index (κ1) is 21.9. The van der Waals surface area contributed by atoms with Crippen LogP contribution in [0.4, 0.5) is 4.39 Å². The standard InChI is InChI=1S/C24H30ClFN4O/c1-2-17-7-8-22(23(17)25)30-13-11-29(12-14-30)16-19(26)9-10-27-24(31)21-15-18-5-3-4-6-20(18)28-21/h3-6,8,15,19,28H,2,7,9-14,16H2,1H3,(H,27,31). The number of hydrogen-bond acceptors (Lipinski definition) is 3. The van der Waals surface area contributed by atoms with Gasteiger partial charge in [0.1, 0.15) is 11.9 Å². The largest absolute Gasteiger partial charge is 0.368 e. The summed E-state index contributed by atoms with van der Waals surface area (Å²) in [5, 5.41) is 4.72. The van der Waals surface area contributed by atoms with Crippen LogP contribution in [0.3, 0.4) is 0 Å². The summed E-state index contributed by atoms with van der Waals surface area (Å²) in [5.41, 5.74) is 3.88. The van der Waals surface area contributed by atoms with Gasteiger partial charge in [-0.05, 0) is 37.0 Å². The SMILES string of the molecule is CCC1=C(Cl)C(N2CCN(CC(F)CCNC(=O)c3cc4ccccc4[nH]3)CC2)=CC1. The van der Waals surface area contributed by atoms with E-state index in [1.54, 1.807) is 0 Å². The summed E-state index contributed by atoms with van der Waals surface area (Å²) in [6.45, 7) is 6.24. The molecule has 1 aromatic carbocycles. The first-order valence-electron chi connectivity index (χ1n) is 11.1. The second kappa shape index (κ2) is 9.88. The van der Waals surface area contributed by atoms with Crippen LogP contribution in [0.5, 0.6) is 0 Å². The highest BCUT2D eigenvalue weighted by Crippen LogP contribution is 2.33. The van der Waals surface area contributed by atoms with Crippen LogP contribution >= 0.6 is 11.6 Å². The van der Waals surface area contributed by atoms with Gasteiger partial charge >= 0.3 is 0 Å². The maximum absolute atomic E-state index is 14.5. The van der Waals surface area contributed by atoms with E-state index in [1.807, 2.05) is 30.3 Å². The number of allylic oxidation sites excluding steroid dienone is 3. The van der Waals surface area contributed by atoms with Gasteiger partial charge in [0.05, 0.1) is 10.7 Å². The van der Waals surface area contributed by atoms with Crippen LogP contribution in [0.15, 0.2) is 52.7 Å². The number of fused-ring (bicyclic) bond motifs is 1. The van der Waals surface area contributed by atoms with Crippen molar-refractivity contribution in [2.45, 2.75) is 32.4 Å². The molecule has 1 amide bonds. The Labute approximate surface area is 187 Å². The number of H-pyrrole nitrogens is 1. The fourth-order valence-corrected chi connectivity index (χ4v) is 4.73. The van der Waals surface area contributed by atoms with Gasteiger partial charge in [0, 0.05) is 50.2 Å². The van der Waals surface area contributed by atoms with Crippen LogP contribution in [-0.4, -0.2) is 66.1 Å². The van der Waals surface area contributed by atoms with Gasteiger partial charge < -0.3 is 15.2 Å². The number of carbonyl (C=O) groups is 1. The molecule has 2 aliphatic rings. The van der Waals surface area contributed by atoms with E-state index in [1.165, 1.54) is 5.57 Å². The zero-order chi connectivity index (χ0) is 21.8. The molecule has 166 valence electrons. The zero-order valence-corrected chi connectivity index (χ0v) is 18.7. The first-order chi connectivity index (χ1) is 15.0. The molecule has 1 aromatic heterocycles.